The van der Waals surface area contributed by atoms with Gasteiger partial charge >= 0.3 is 0 Å². The molecule has 1 saturated carbocycles. The summed E-state index contributed by atoms with van der Waals surface area (Å²) in [6.45, 7) is 2.02. The van der Waals surface area contributed by atoms with Crippen molar-refractivity contribution in [3.8, 4) is 5.88 Å². The molecule has 0 aromatic carbocycles. The van der Waals surface area contributed by atoms with Gasteiger partial charge in [-0.05, 0) is 25.7 Å². The quantitative estimate of drug-likeness (QED) is 0.789. The van der Waals surface area contributed by atoms with Gasteiger partial charge in [-0.2, -0.15) is 0 Å². The van der Waals surface area contributed by atoms with E-state index in [4.69, 9.17) is 21.1 Å². The standard InChI is InChI=1S/C13H19ClN2O2/c1-3-11-12(14)15-8-16-13(11)18-10-6-4-5-9(7-10)17-2/h8-10H,3-7H2,1-2H3. The van der Waals surface area contributed by atoms with Gasteiger partial charge in [-0.1, -0.05) is 18.5 Å². The van der Waals surface area contributed by atoms with Crippen molar-refractivity contribution in [2.75, 3.05) is 7.11 Å². The summed E-state index contributed by atoms with van der Waals surface area (Å²) >= 11 is 6.05. The number of halogens is 1. The molecule has 1 aromatic heterocycles. The number of ether oxygens (including phenoxy) is 2. The van der Waals surface area contributed by atoms with Gasteiger partial charge in [0.05, 0.1) is 11.7 Å². The molecular formula is C13H19ClN2O2. The van der Waals surface area contributed by atoms with Crippen LogP contribution in [0.15, 0.2) is 6.33 Å². The number of aromatic nitrogens is 2. The van der Waals surface area contributed by atoms with E-state index in [-0.39, 0.29) is 6.10 Å². The molecule has 1 aliphatic carbocycles. The molecule has 2 atom stereocenters. The lowest BCUT2D eigenvalue weighted by Gasteiger charge is -2.28. The molecule has 5 heteroatoms. The second-order valence-corrected chi connectivity index (χ2v) is 4.92. The maximum Gasteiger partial charge on any atom is 0.221 e. The molecule has 1 fully saturated rings. The van der Waals surface area contributed by atoms with E-state index in [0.29, 0.717) is 17.1 Å². The first-order valence-electron chi connectivity index (χ1n) is 6.43. The third-order valence-corrected chi connectivity index (χ3v) is 3.72. The minimum Gasteiger partial charge on any atom is -0.474 e. The number of rotatable bonds is 4. The van der Waals surface area contributed by atoms with Gasteiger partial charge < -0.3 is 9.47 Å². The summed E-state index contributed by atoms with van der Waals surface area (Å²) < 4.78 is 11.4. The van der Waals surface area contributed by atoms with Crippen LogP contribution in [0, 0.1) is 0 Å². The molecule has 0 saturated heterocycles. The fraction of sp³-hybridized carbons (Fsp3) is 0.692. The summed E-state index contributed by atoms with van der Waals surface area (Å²) in [5, 5.41) is 0.488. The van der Waals surface area contributed by atoms with Crippen LogP contribution >= 0.6 is 11.6 Å². The minimum atomic E-state index is 0.167. The summed E-state index contributed by atoms with van der Waals surface area (Å²) in [4.78, 5) is 8.18. The molecule has 0 amide bonds. The predicted octanol–water partition coefficient (Wildman–Crippen LogP) is 3.03. The minimum absolute atomic E-state index is 0.167. The average Bonchev–Trinajstić information content (AvgIpc) is 2.39. The Labute approximate surface area is 113 Å². The van der Waals surface area contributed by atoms with E-state index in [2.05, 4.69) is 9.97 Å². The summed E-state index contributed by atoms with van der Waals surface area (Å²) in [7, 11) is 1.76. The summed E-state index contributed by atoms with van der Waals surface area (Å²) in [5.41, 5.74) is 0.888. The Balaban J connectivity index is 2.07. The van der Waals surface area contributed by atoms with Gasteiger partial charge in [0.2, 0.25) is 5.88 Å². The highest BCUT2D eigenvalue weighted by molar-refractivity contribution is 6.30. The first-order chi connectivity index (χ1) is 8.74. The number of hydrogen-bond donors (Lipinski definition) is 0. The SMILES string of the molecule is CCc1c(Cl)ncnc1OC1CCCC(OC)C1. The first-order valence-corrected chi connectivity index (χ1v) is 6.81. The van der Waals surface area contributed by atoms with Crippen LogP contribution in [0.5, 0.6) is 5.88 Å². The summed E-state index contributed by atoms with van der Waals surface area (Å²) in [5.74, 6) is 0.624. The van der Waals surface area contributed by atoms with Crippen molar-refractivity contribution in [3.05, 3.63) is 17.0 Å². The van der Waals surface area contributed by atoms with Gasteiger partial charge in [-0.15, -0.1) is 0 Å². The van der Waals surface area contributed by atoms with Gasteiger partial charge in [-0.25, -0.2) is 9.97 Å². The van der Waals surface area contributed by atoms with Crippen LogP contribution in [0.3, 0.4) is 0 Å². The number of methoxy groups -OCH3 is 1. The monoisotopic (exact) mass is 270 g/mol. The first kappa shape index (κ1) is 13.6. The lowest BCUT2D eigenvalue weighted by molar-refractivity contribution is 0.0191. The van der Waals surface area contributed by atoms with Gasteiger partial charge in [0, 0.05) is 13.5 Å². The molecule has 0 spiro atoms. The zero-order valence-corrected chi connectivity index (χ0v) is 11.6. The normalized spacial score (nSPS) is 23.9. The van der Waals surface area contributed by atoms with Crippen molar-refractivity contribution in [2.45, 2.75) is 51.2 Å². The predicted molar refractivity (Wildman–Crippen MR) is 70.1 cm³/mol. The fourth-order valence-corrected chi connectivity index (χ4v) is 2.61. The Morgan fingerprint density at radius 1 is 1.33 bits per heavy atom. The van der Waals surface area contributed by atoms with Crippen LogP contribution in [0.1, 0.15) is 38.2 Å². The zero-order valence-electron chi connectivity index (χ0n) is 10.9. The van der Waals surface area contributed by atoms with E-state index in [1.807, 2.05) is 6.92 Å². The van der Waals surface area contributed by atoms with Crippen LogP contribution in [0.25, 0.3) is 0 Å². The van der Waals surface area contributed by atoms with Crippen LogP contribution in [0.4, 0.5) is 0 Å². The zero-order chi connectivity index (χ0) is 13.0. The molecule has 1 aromatic rings. The molecule has 2 unspecified atom stereocenters. The van der Waals surface area contributed by atoms with E-state index in [0.717, 1.165) is 37.7 Å². The Morgan fingerprint density at radius 2 is 2.11 bits per heavy atom. The smallest absolute Gasteiger partial charge is 0.221 e. The Kier molecular flexibility index (Phi) is 4.78. The third-order valence-electron chi connectivity index (χ3n) is 3.40. The van der Waals surface area contributed by atoms with Crippen LogP contribution < -0.4 is 4.74 Å². The second kappa shape index (κ2) is 6.34. The lowest BCUT2D eigenvalue weighted by Crippen LogP contribution is -2.30. The Hall–Kier alpha value is -0.870. The molecular weight excluding hydrogens is 252 g/mol. The van der Waals surface area contributed by atoms with Crippen molar-refractivity contribution in [2.24, 2.45) is 0 Å². The molecule has 0 bridgehead atoms. The van der Waals surface area contributed by atoms with E-state index in [9.17, 15) is 0 Å². The van der Waals surface area contributed by atoms with Crippen molar-refractivity contribution < 1.29 is 9.47 Å². The Bertz CT molecular complexity index is 401. The molecule has 1 heterocycles. The van der Waals surface area contributed by atoms with E-state index >= 15 is 0 Å². The molecule has 18 heavy (non-hydrogen) atoms. The van der Waals surface area contributed by atoms with Crippen molar-refractivity contribution >= 4 is 11.6 Å². The van der Waals surface area contributed by atoms with E-state index in [1.54, 1.807) is 7.11 Å². The molecule has 0 N–H and O–H groups in total. The van der Waals surface area contributed by atoms with E-state index < -0.39 is 0 Å². The van der Waals surface area contributed by atoms with Crippen molar-refractivity contribution in [3.63, 3.8) is 0 Å². The van der Waals surface area contributed by atoms with Crippen molar-refractivity contribution in [1.29, 1.82) is 0 Å². The average molecular weight is 271 g/mol. The topological polar surface area (TPSA) is 44.2 Å². The molecule has 1 aliphatic rings. The second-order valence-electron chi connectivity index (χ2n) is 4.57. The van der Waals surface area contributed by atoms with Gasteiger partial charge in [0.1, 0.15) is 17.6 Å². The summed E-state index contributed by atoms with van der Waals surface area (Å²) in [6, 6.07) is 0. The van der Waals surface area contributed by atoms with E-state index in [1.165, 1.54) is 6.33 Å². The van der Waals surface area contributed by atoms with Gasteiger partial charge in [0.15, 0.2) is 0 Å². The highest BCUT2D eigenvalue weighted by Gasteiger charge is 2.24. The lowest BCUT2D eigenvalue weighted by atomic mass is 9.95. The highest BCUT2D eigenvalue weighted by atomic mass is 35.5. The summed E-state index contributed by atoms with van der Waals surface area (Å²) in [6.07, 6.45) is 6.89. The van der Waals surface area contributed by atoms with Gasteiger partial charge in [0.25, 0.3) is 0 Å². The van der Waals surface area contributed by atoms with Crippen LogP contribution in [0.2, 0.25) is 5.15 Å². The van der Waals surface area contributed by atoms with Crippen molar-refractivity contribution in [1.82, 2.24) is 9.97 Å². The number of nitrogens with zero attached hydrogens (tertiary/aromatic N) is 2. The maximum atomic E-state index is 6.05. The molecule has 100 valence electrons. The number of hydrogen-bond acceptors (Lipinski definition) is 4. The third kappa shape index (κ3) is 3.12. The maximum absolute atomic E-state index is 6.05. The van der Waals surface area contributed by atoms with Gasteiger partial charge in [-0.3, -0.25) is 0 Å². The fourth-order valence-electron chi connectivity index (χ4n) is 2.36. The molecule has 4 nitrogen and oxygen atoms in total. The largest absolute Gasteiger partial charge is 0.474 e. The highest BCUT2D eigenvalue weighted by Crippen LogP contribution is 2.28. The van der Waals surface area contributed by atoms with Crippen LogP contribution in [-0.2, 0) is 11.2 Å². The molecule has 0 radical (unpaired) electrons. The molecule has 0 aliphatic heterocycles. The Morgan fingerprint density at radius 3 is 2.83 bits per heavy atom. The van der Waals surface area contributed by atoms with Crippen LogP contribution in [-0.4, -0.2) is 29.3 Å². The molecule has 2 rings (SSSR count).